The summed E-state index contributed by atoms with van der Waals surface area (Å²) >= 11 is 1.74. The molecule has 1 aliphatic heterocycles. The Balaban J connectivity index is 1.09. The van der Waals surface area contributed by atoms with E-state index in [1.165, 1.54) is 27.5 Å². The molecule has 1 aliphatic rings. The molecule has 8 aromatic rings. The Morgan fingerprint density at radius 2 is 1.24 bits per heavy atom. The first kappa shape index (κ1) is 30.3. The average Bonchev–Trinajstić information content (AvgIpc) is 3.71. The molecule has 0 saturated carbocycles. The number of rotatable bonds is 7. The van der Waals surface area contributed by atoms with Gasteiger partial charge >= 0.3 is 0 Å². The minimum absolute atomic E-state index is 0.420. The Hall–Kier alpha value is -5.82. The molecule has 242 valence electrons. The van der Waals surface area contributed by atoms with Crippen LogP contribution in [0.3, 0.4) is 0 Å². The van der Waals surface area contributed by atoms with Crippen molar-refractivity contribution in [3.05, 3.63) is 169 Å². The first-order valence-electron chi connectivity index (χ1n) is 16.9. The van der Waals surface area contributed by atoms with Gasteiger partial charge in [0.2, 0.25) is 0 Å². The fourth-order valence-electron chi connectivity index (χ4n) is 6.95. The van der Waals surface area contributed by atoms with Crippen LogP contribution in [0.15, 0.2) is 174 Å². The summed E-state index contributed by atoms with van der Waals surface area (Å²) in [5.41, 5.74) is 9.95. The van der Waals surface area contributed by atoms with Gasteiger partial charge in [-0.2, -0.15) is 10.1 Å². The molecule has 0 spiro atoms. The van der Waals surface area contributed by atoms with Gasteiger partial charge < -0.3 is 0 Å². The Morgan fingerprint density at radius 1 is 0.560 bits per heavy atom. The molecule has 2 aromatic heterocycles. The molecule has 5 nitrogen and oxygen atoms in total. The molecule has 0 saturated heterocycles. The van der Waals surface area contributed by atoms with E-state index in [0.29, 0.717) is 5.92 Å². The van der Waals surface area contributed by atoms with E-state index in [1.54, 1.807) is 11.8 Å². The van der Waals surface area contributed by atoms with Crippen LogP contribution in [0.25, 0.3) is 38.8 Å². The zero-order chi connectivity index (χ0) is 33.6. The first-order chi connectivity index (χ1) is 24.6. The van der Waals surface area contributed by atoms with E-state index in [1.807, 2.05) is 46.7 Å². The van der Waals surface area contributed by atoms with Gasteiger partial charge in [0.15, 0.2) is 0 Å². The monoisotopic (exact) mass is 666 g/mol. The minimum atomic E-state index is 0.420. The second-order valence-electron chi connectivity index (χ2n) is 12.8. The Bertz CT molecular complexity index is 2510. The number of hydrogen-bond donors (Lipinski definition) is 0. The van der Waals surface area contributed by atoms with E-state index in [-0.39, 0.29) is 0 Å². The second kappa shape index (κ2) is 12.6. The molecule has 6 heteroatoms. The maximum Gasteiger partial charge on any atom is 0.138 e. The second-order valence-corrected chi connectivity index (χ2v) is 13.9. The lowest BCUT2D eigenvalue weighted by Crippen LogP contribution is -2.20. The number of anilines is 4. The predicted molar refractivity (Wildman–Crippen MR) is 207 cm³/mol. The number of hydrogen-bond acceptors (Lipinski definition) is 5. The third-order valence-corrected chi connectivity index (χ3v) is 10.3. The Labute approximate surface area is 295 Å². The predicted octanol–water partition coefficient (Wildman–Crippen LogP) is 12.3. The zero-order valence-corrected chi connectivity index (χ0v) is 28.6. The highest BCUT2D eigenvalue weighted by molar-refractivity contribution is 7.99. The van der Waals surface area contributed by atoms with Gasteiger partial charge in [0, 0.05) is 26.8 Å². The number of pyridine rings is 1. The number of para-hydroxylation sites is 4. The fourth-order valence-corrected chi connectivity index (χ4v) is 7.86. The molecule has 0 unspecified atom stereocenters. The maximum atomic E-state index is 6.47. The normalized spacial score (nSPS) is 12.7. The molecule has 6 aromatic carbocycles. The Kier molecular flexibility index (Phi) is 7.61. The molecular formula is C44H34N4OS. The summed E-state index contributed by atoms with van der Waals surface area (Å²) in [4.78, 5) is 13.7. The van der Waals surface area contributed by atoms with Gasteiger partial charge in [-0.05, 0) is 95.4 Å². The molecule has 0 fully saturated rings. The third-order valence-electron chi connectivity index (χ3n) is 9.27. The van der Waals surface area contributed by atoms with Crippen molar-refractivity contribution >= 4 is 56.3 Å². The molecule has 0 radical (unpaired) electrons. The van der Waals surface area contributed by atoms with Crippen LogP contribution < -0.4 is 10.1 Å². The summed E-state index contributed by atoms with van der Waals surface area (Å²) in [5, 5.41) is 6.20. The minimum Gasteiger partial charge on any atom is -0.294 e. The zero-order valence-electron chi connectivity index (χ0n) is 27.8. The molecule has 50 heavy (non-hydrogen) atoms. The average molecular weight is 667 g/mol. The smallest absolute Gasteiger partial charge is 0.138 e. The molecule has 0 bridgehead atoms. The quantitative estimate of drug-likeness (QED) is 0.169. The number of fused-ring (bicyclic) bond motifs is 4. The van der Waals surface area contributed by atoms with Gasteiger partial charge in [0.05, 0.1) is 33.8 Å². The van der Waals surface area contributed by atoms with Crippen molar-refractivity contribution in [3.8, 4) is 16.9 Å². The van der Waals surface area contributed by atoms with E-state index in [9.17, 15) is 0 Å². The third kappa shape index (κ3) is 5.30. The number of aromatic nitrogens is 2. The van der Waals surface area contributed by atoms with Gasteiger partial charge in [0.25, 0.3) is 0 Å². The number of nitrogens with zero attached hydrogens (tertiary/aromatic N) is 4. The van der Waals surface area contributed by atoms with Crippen molar-refractivity contribution in [2.24, 2.45) is 0 Å². The maximum absolute atomic E-state index is 6.47. The van der Waals surface area contributed by atoms with Gasteiger partial charge in [-0.15, -0.1) is 4.94 Å². The van der Waals surface area contributed by atoms with Gasteiger partial charge in [-0.1, -0.05) is 111 Å². The van der Waals surface area contributed by atoms with Crippen molar-refractivity contribution in [1.82, 2.24) is 9.55 Å². The largest absolute Gasteiger partial charge is 0.294 e. The summed E-state index contributed by atoms with van der Waals surface area (Å²) < 4.78 is 2.31. The molecule has 0 amide bonds. The summed E-state index contributed by atoms with van der Waals surface area (Å²) in [6.07, 6.45) is 1.93. The van der Waals surface area contributed by atoms with Crippen LogP contribution in [-0.2, 0) is 4.94 Å². The van der Waals surface area contributed by atoms with E-state index < -0.39 is 0 Å². The van der Waals surface area contributed by atoms with Crippen LogP contribution in [-0.4, -0.2) is 9.55 Å². The van der Waals surface area contributed by atoms with Crippen LogP contribution >= 0.6 is 11.8 Å². The van der Waals surface area contributed by atoms with Gasteiger partial charge in [0.1, 0.15) is 5.82 Å². The highest BCUT2D eigenvalue weighted by atomic mass is 32.2. The van der Waals surface area contributed by atoms with Crippen LogP contribution in [0.5, 0.6) is 0 Å². The molecule has 0 atom stereocenters. The Morgan fingerprint density at radius 3 is 2.08 bits per heavy atom. The van der Waals surface area contributed by atoms with Crippen LogP contribution in [0, 0.1) is 0 Å². The molecule has 0 N–H and O–H groups in total. The van der Waals surface area contributed by atoms with Crippen LogP contribution in [0.4, 0.5) is 22.7 Å². The summed E-state index contributed by atoms with van der Waals surface area (Å²) in [5.74, 6) is 1.33. The van der Waals surface area contributed by atoms with Crippen molar-refractivity contribution in [2.75, 3.05) is 10.1 Å². The number of benzene rings is 6. The standard InChI is InChI=1S/C44H34N4OS/c1-30(2)36-17-6-7-18-37(36)31-25-26-45-44(27-31)46-40-20-9-8-19-38(40)39-24-23-35(29-43(39)46)50-34-16-12-15-33(28-34)48-42-22-11-10-21-41(42)47(49-48)32-13-4-3-5-14-32/h3-30H,1-2H3. The molecule has 3 heterocycles. The SMILES string of the molecule is CC(C)c1ccccc1-c1ccnc(-n2c3ccccc3c3ccc(Sc4cccc(N5ON(c6ccccc6)c6ccccc65)c4)cc32)c1. The molecular weight excluding hydrogens is 633 g/mol. The first-order valence-corrected chi connectivity index (χ1v) is 17.7. The van der Waals surface area contributed by atoms with Gasteiger partial charge in [-0.25, -0.2) is 4.98 Å². The lowest BCUT2D eigenvalue weighted by molar-refractivity contribution is 0.156. The van der Waals surface area contributed by atoms with E-state index in [2.05, 4.69) is 146 Å². The lowest BCUT2D eigenvalue weighted by atomic mass is 9.93. The summed E-state index contributed by atoms with van der Waals surface area (Å²) in [6.45, 7) is 4.50. The highest BCUT2D eigenvalue weighted by Crippen LogP contribution is 2.46. The fraction of sp³-hybridized carbons (Fsp3) is 0.0682. The summed E-state index contributed by atoms with van der Waals surface area (Å²) in [6, 6.07) is 55.4. The summed E-state index contributed by atoms with van der Waals surface area (Å²) in [7, 11) is 0. The topological polar surface area (TPSA) is 33.5 Å². The van der Waals surface area contributed by atoms with E-state index in [4.69, 9.17) is 9.92 Å². The van der Waals surface area contributed by atoms with Crippen molar-refractivity contribution < 1.29 is 4.94 Å². The van der Waals surface area contributed by atoms with Crippen molar-refractivity contribution in [3.63, 3.8) is 0 Å². The van der Waals surface area contributed by atoms with Gasteiger partial charge in [-0.3, -0.25) is 4.57 Å². The van der Waals surface area contributed by atoms with Crippen molar-refractivity contribution in [2.45, 2.75) is 29.6 Å². The molecule has 0 aliphatic carbocycles. The highest BCUT2D eigenvalue weighted by Gasteiger charge is 2.30. The van der Waals surface area contributed by atoms with Crippen LogP contribution in [0.2, 0.25) is 0 Å². The molecule has 9 rings (SSSR count). The van der Waals surface area contributed by atoms with Crippen molar-refractivity contribution in [1.29, 1.82) is 0 Å². The van der Waals surface area contributed by atoms with Crippen LogP contribution in [0.1, 0.15) is 25.3 Å². The lowest BCUT2D eigenvalue weighted by Gasteiger charge is -2.20. The van der Waals surface area contributed by atoms with E-state index in [0.717, 1.165) is 49.4 Å². The van der Waals surface area contributed by atoms with E-state index >= 15 is 0 Å².